The number of ether oxygens (including phenoxy) is 1. The Morgan fingerprint density at radius 2 is 1.96 bits per heavy atom. The van der Waals surface area contributed by atoms with Crippen molar-refractivity contribution in [3.8, 4) is 16.9 Å². The Kier molecular flexibility index (Phi) is 5.44. The van der Waals surface area contributed by atoms with E-state index in [9.17, 15) is 9.18 Å². The van der Waals surface area contributed by atoms with Crippen LogP contribution in [-0.4, -0.2) is 12.5 Å². The summed E-state index contributed by atoms with van der Waals surface area (Å²) < 4.78 is 19.3. The number of hydrogen-bond donors (Lipinski definition) is 1. The molecule has 0 bridgehead atoms. The van der Waals surface area contributed by atoms with Crippen molar-refractivity contribution in [1.29, 1.82) is 0 Å². The summed E-state index contributed by atoms with van der Waals surface area (Å²) in [5.41, 5.74) is 3.71. The van der Waals surface area contributed by atoms with Crippen molar-refractivity contribution in [2.45, 2.75) is 32.1 Å². The molecule has 0 spiro atoms. The number of anilines is 1. The first-order chi connectivity index (χ1) is 13.7. The lowest BCUT2D eigenvalue weighted by Gasteiger charge is -2.25. The van der Waals surface area contributed by atoms with Crippen molar-refractivity contribution in [1.82, 2.24) is 0 Å². The first-order valence-electron chi connectivity index (χ1n) is 9.56. The molecule has 1 atom stereocenters. The van der Waals surface area contributed by atoms with Gasteiger partial charge < -0.3 is 10.1 Å². The molecular formula is C23H22FNO2S. The zero-order valence-electron chi connectivity index (χ0n) is 15.7. The Hall–Kier alpha value is -2.66. The monoisotopic (exact) mass is 395 g/mol. The van der Waals surface area contributed by atoms with Gasteiger partial charge in [-0.2, -0.15) is 0 Å². The first kappa shape index (κ1) is 18.7. The van der Waals surface area contributed by atoms with E-state index in [0.29, 0.717) is 13.0 Å². The van der Waals surface area contributed by atoms with E-state index >= 15 is 0 Å². The lowest BCUT2D eigenvalue weighted by atomic mass is 9.88. The summed E-state index contributed by atoms with van der Waals surface area (Å²) in [4.78, 5) is 13.6. The van der Waals surface area contributed by atoms with Gasteiger partial charge in [0.1, 0.15) is 11.6 Å². The molecule has 2 heterocycles. The molecule has 0 saturated carbocycles. The summed E-state index contributed by atoms with van der Waals surface area (Å²) in [6.07, 6.45) is 2.47. The molecule has 1 aromatic heterocycles. The Morgan fingerprint density at radius 1 is 1.18 bits per heavy atom. The first-order valence-corrected chi connectivity index (χ1v) is 10.4. The van der Waals surface area contributed by atoms with Crippen LogP contribution in [0.5, 0.6) is 5.75 Å². The van der Waals surface area contributed by atoms with Crippen molar-refractivity contribution >= 4 is 22.9 Å². The van der Waals surface area contributed by atoms with Gasteiger partial charge in [0.2, 0.25) is 5.91 Å². The summed E-state index contributed by atoms with van der Waals surface area (Å²) in [6.45, 7) is 2.81. The standard InChI is InChI=1S/C23H22FNO2S/c1-2-3-12-27-20-7-5-4-6-17(20)18-13-21(26)25-22-19(14-28-23(18)22)15-8-10-16(24)11-9-15/h4-11,14,18H,2-3,12-13H2,1H3,(H,25,26)/t18-/m0/s1. The summed E-state index contributed by atoms with van der Waals surface area (Å²) in [5, 5.41) is 5.07. The highest BCUT2D eigenvalue weighted by molar-refractivity contribution is 7.11. The topological polar surface area (TPSA) is 38.3 Å². The molecule has 3 nitrogen and oxygen atoms in total. The SMILES string of the molecule is CCCCOc1ccccc1[C@@H]1CC(=O)Nc2c(-c3ccc(F)cc3)csc21. The Labute approximate surface area is 168 Å². The molecule has 0 saturated heterocycles. The van der Waals surface area contributed by atoms with Gasteiger partial charge in [0.25, 0.3) is 0 Å². The molecule has 144 valence electrons. The van der Waals surface area contributed by atoms with Crippen molar-refractivity contribution in [2.24, 2.45) is 0 Å². The maximum Gasteiger partial charge on any atom is 0.225 e. The fourth-order valence-corrected chi connectivity index (χ4v) is 4.70. The number of nitrogens with one attached hydrogen (secondary N) is 1. The number of para-hydroxylation sites is 1. The molecule has 0 radical (unpaired) electrons. The van der Waals surface area contributed by atoms with E-state index in [4.69, 9.17) is 4.74 Å². The third-order valence-corrected chi connectivity index (χ3v) is 6.09. The molecule has 1 aliphatic heterocycles. The van der Waals surface area contributed by atoms with Gasteiger partial charge in [0, 0.05) is 33.7 Å². The molecule has 5 heteroatoms. The highest BCUT2D eigenvalue weighted by Gasteiger charge is 2.32. The summed E-state index contributed by atoms with van der Waals surface area (Å²) in [6, 6.07) is 14.4. The number of rotatable bonds is 6. The second kappa shape index (κ2) is 8.15. The van der Waals surface area contributed by atoms with Crippen LogP contribution in [0, 0.1) is 5.82 Å². The minimum atomic E-state index is -0.270. The maximum absolute atomic E-state index is 13.3. The quantitative estimate of drug-likeness (QED) is 0.504. The van der Waals surface area contributed by atoms with Crippen LogP contribution >= 0.6 is 11.3 Å². The van der Waals surface area contributed by atoms with Gasteiger partial charge in [0.05, 0.1) is 12.3 Å². The van der Waals surface area contributed by atoms with Crippen LogP contribution in [-0.2, 0) is 4.79 Å². The lowest BCUT2D eigenvalue weighted by molar-refractivity contribution is -0.116. The minimum absolute atomic E-state index is 0.0115. The van der Waals surface area contributed by atoms with E-state index in [2.05, 4.69) is 12.2 Å². The smallest absolute Gasteiger partial charge is 0.225 e. The second-order valence-corrected chi connectivity index (χ2v) is 7.85. The van der Waals surface area contributed by atoms with Gasteiger partial charge >= 0.3 is 0 Å². The van der Waals surface area contributed by atoms with Gasteiger partial charge in [-0.05, 0) is 30.2 Å². The Bertz CT molecular complexity index is 981. The van der Waals surface area contributed by atoms with E-state index in [1.807, 2.05) is 29.6 Å². The third kappa shape index (κ3) is 3.67. The van der Waals surface area contributed by atoms with Crippen LogP contribution in [0.4, 0.5) is 10.1 Å². The molecule has 4 rings (SSSR count). The van der Waals surface area contributed by atoms with E-state index in [-0.39, 0.29) is 17.6 Å². The summed E-state index contributed by atoms with van der Waals surface area (Å²) in [7, 11) is 0. The van der Waals surface area contributed by atoms with Crippen LogP contribution in [0.15, 0.2) is 53.9 Å². The molecule has 1 aliphatic rings. The van der Waals surface area contributed by atoms with E-state index < -0.39 is 0 Å². The van der Waals surface area contributed by atoms with Crippen LogP contribution in [0.2, 0.25) is 0 Å². The molecule has 2 aromatic carbocycles. The summed E-state index contributed by atoms with van der Waals surface area (Å²) in [5.74, 6) is 0.523. The molecule has 1 amide bonds. The lowest BCUT2D eigenvalue weighted by Crippen LogP contribution is -2.22. The Balaban J connectivity index is 1.73. The van der Waals surface area contributed by atoms with Crippen molar-refractivity contribution < 1.29 is 13.9 Å². The fraction of sp³-hybridized carbons (Fsp3) is 0.261. The predicted molar refractivity (Wildman–Crippen MR) is 112 cm³/mol. The van der Waals surface area contributed by atoms with Crippen LogP contribution in [0.25, 0.3) is 11.1 Å². The van der Waals surface area contributed by atoms with E-state index in [0.717, 1.165) is 45.8 Å². The number of thiophene rings is 1. The third-order valence-electron chi connectivity index (χ3n) is 5.00. The molecule has 3 aromatic rings. The molecule has 0 aliphatic carbocycles. The average molecular weight is 395 g/mol. The van der Waals surface area contributed by atoms with Crippen molar-refractivity contribution in [3.05, 3.63) is 70.2 Å². The maximum atomic E-state index is 13.3. The molecular weight excluding hydrogens is 373 g/mol. The van der Waals surface area contributed by atoms with Crippen LogP contribution in [0.1, 0.15) is 42.5 Å². The van der Waals surface area contributed by atoms with Gasteiger partial charge in [-0.15, -0.1) is 11.3 Å². The number of unbranched alkanes of at least 4 members (excludes halogenated alkanes) is 1. The molecule has 0 unspecified atom stereocenters. The number of halogens is 1. The average Bonchev–Trinajstić information content (AvgIpc) is 3.12. The van der Waals surface area contributed by atoms with Crippen molar-refractivity contribution in [3.63, 3.8) is 0 Å². The highest BCUT2D eigenvalue weighted by atomic mass is 32.1. The second-order valence-electron chi connectivity index (χ2n) is 6.94. The number of hydrogen-bond acceptors (Lipinski definition) is 3. The number of fused-ring (bicyclic) bond motifs is 1. The summed E-state index contributed by atoms with van der Waals surface area (Å²) >= 11 is 1.63. The zero-order chi connectivity index (χ0) is 19.5. The van der Waals surface area contributed by atoms with Gasteiger partial charge in [-0.25, -0.2) is 4.39 Å². The largest absolute Gasteiger partial charge is 0.493 e. The van der Waals surface area contributed by atoms with Gasteiger partial charge in [-0.1, -0.05) is 43.7 Å². The zero-order valence-corrected chi connectivity index (χ0v) is 16.5. The van der Waals surface area contributed by atoms with Gasteiger partial charge in [-0.3, -0.25) is 4.79 Å². The fourth-order valence-electron chi connectivity index (χ4n) is 3.55. The molecule has 0 fully saturated rings. The van der Waals surface area contributed by atoms with Crippen molar-refractivity contribution in [2.75, 3.05) is 11.9 Å². The van der Waals surface area contributed by atoms with Crippen LogP contribution < -0.4 is 10.1 Å². The number of carbonyl (C=O) groups is 1. The highest BCUT2D eigenvalue weighted by Crippen LogP contribution is 2.48. The van der Waals surface area contributed by atoms with E-state index in [1.165, 1.54) is 12.1 Å². The molecule has 1 N–H and O–H groups in total. The number of amides is 1. The van der Waals surface area contributed by atoms with Gasteiger partial charge in [0.15, 0.2) is 0 Å². The minimum Gasteiger partial charge on any atom is -0.493 e. The number of carbonyl (C=O) groups excluding carboxylic acids is 1. The Morgan fingerprint density at radius 3 is 2.75 bits per heavy atom. The van der Waals surface area contributed by atoms with E-state index in [1.54, 1.807) is 23.5 Å². The predicted octanol–water partition coefficient (Wildman–Crippen LogP) is 6.21. The molecule has 28 heavy (non-hydrogen) atoms. The normalized spacial score (nSPS) is 15.8. The van der Waals surface area contributed by atoms with Crippen LogP contribution in [0.3, 0.4) is 0 Å². The number of benzene rings is 2.